The Hall–Kier alpha value is -1.72. The minimum Gasteiger partial charge on any atom is -0.273 e. The fraction of sp³-hybridized carbons (Fsp3) is 0.733. The predicted octanol–water partition coefficient (Wildman–Crippen LogP) is 2.74. The van der Waals surface area contributed by atoms with Crippen molar-refractivity contribution in [1.29, 1.82) is 0 Å². The summed E-state index contributed by atoms with van der Waals surface area (Å²) in [6.07, 6.45) is 10.5. The number of rotatable bonds is 12. The topological polar surface area (TPSA) is 82.9 Å². The van der Waals surface area contributed by atoms with Crippen LogP contribution in [0.1, 0.15) is 71.6 Å². The molecule has 2 amide bonds. The monoisotopic (exact) mass is 296 g/mol. The van der Waals surface area contributed by atoms with Gasteiger partial charge in [0, 0.05) is 25.3 Å². The lowest BCUT2D eigenvalue weighted by Crippen LogP contribution is -2.17. The molecule has 0 aliphatic rings. The van der Waals surface area contributed by atoms with Crippen LogP contribution in [0.2, 0.25) is 0 Å². The lowest BCUT2D eigenvalue weighted by molar-refractivity contribution is -0.121. The van der Waals surface area contributed by atoms with Crippen molar-refractivity contribution in [3.63, 3.8) is 0 Å². The number of amides is 2. The number of nitrogens with one attached hydrogen (secondary N) is 2. The molecule has 0 bridgehead atoms. The Bertz CT molecular complexity index is 309. The number of unbranched alkanes of at least 4 members (excludes halogenated alkanes) is 4. The summed E-state index contributed by atoms with van der Waals surface area (Å²) in [5, 5.41) is 7.66. The summed E-state index contributed by atoms with van der Waals surface area (Å²) in [4.78, 5) is 22.8. The highest BCUT2D eigenvalue weighted by Gasteiger charge is 2.01. The Morgan fingerprint density at radius 1 is 0.810 bits per heavy atom. The van der Waals surface area contributed by atoms with E-state index in [0.717, 1.165) is 44.9 Å². The number of nitrogens with zero attached hydrogens (tertiary/aromatic N) is 2. The molecule has 21 heavy (non-hydrogen) atoms. The molecule has 0 aliphatic carbocycles. The SMILES string of the molecule is CCCC=NNC(=O)CCCCCC(=O)NN=CCCC. The largest absolute Gasteiger partial charge is 0.273 e. The fourth-order valence-electron chi connectivity index (χ4n) is 1.48. The maximum absolute atomic E-state index is 11.4. The zero-order valence-corrected chi connectivity index (χ0v) is 13.2. The second-order valence-corrected chi connectivity index (χ2v) is 4.83. The Labute approximate surface area is 127 Å². The van der Waals surface area contributed by atoms with E-state index >= 15 is 0 Å². The van der Waals surface area contributed by atoms with Gasteiger partial charge in [0.05, 0.1) is 0 Å². The van der Waals surface area contributed by atoms with Crippen LogP contribution in [0.5, 0.6) is 0 Å². The molecule has 0 heterocycles. The van der Waals surface area contributed by atoms with Gasteiger partial charge in [0.25, 0.3) is 0 Å². The van der Waals surface area contributed by atoms with Gasteiger partial charge in [0.15, 0.2) is 0 Å². The van der Waals surface area contributed by atoms with Gasteiger partial charge in [-0.3, -0.25) is 9.59 Å². The normalized spacial score (nSPS) is 11.1. The molecule has 0 spiro atoms. The van der Waals surface area contributed by atoms with E-state index in [4.69, 9.17) is 0 Å². The van der Waals surface area contributed by atoms with Crippen molar-refractivity contribution in [2.24, 2.45) is 10.2 Å². The van der Waals surface area contributed by atoms with Crippen LogP contribution in [0.4, 0.5) is 0 Å². The summed E-state index contributed by atoms with van der Waals surface area (Å²) in [6, 6.07) is 0. The molecule has 0 saturated carbocycles. The molecule has 0 saturated heterocycles. The van der Waals surface area contributed by atoms with Crippen LogP contribution in [-0.2, 0) is 9.59 Å². The van der Waals surface area contributed by atoms with Gasteiger partial charge in [-0.2, -0.15) is 10.2 Å². The molecular formula is C15H28N4O2. The zero-order valence-electron chi connectivity index (χ0n) is 13.2. The standard InChI is InChI=1S/C15H28N4O2/c1-3-5-12-16-18-14(20)10-8-7-9-11-15(21)19-17-13-6-4-2/h12-13H,3-11H2,1-2H3,(H,18,20)(H,19,21). The molecule has 2 N–H and O–H groups in total. The highest BCUT2D eigenvalue weighted by atomic mass is 16.2. The summed E-state index contributed by atoms with van der Waals surface area (Å²) in [5.74, 6) is -0.146. The summed E-state index contributed by atoms with van der Waals surface area (Å²) < 4.78 is 0. The van der Waals surface area contributed by atoms with Gasteiger partial charge < -0.3 is 0 Å². The van der Waals surface area contributed by atoms with Gasteiger partial charge in [-0.15, -0.1) is 0 Å². The third-order valence-corrected chi connectivity index (χ3v) is 2.70. The second kappa shape index (κ2) is 14.7. The molecule has 0 radical (unpaired) electrons. The molecular weight excluding hydrogens is 268 g/mol. The first kappa shape index (κ1) is 19.3. The Morgan fingerprint density at radius 2 is 1.24 bits per heavy atom. The van der Waals surface area contributed by atoms with Crippen LogP contribution in [0, 0.1) is 0 Å². The van der Waals surface area contributed by atoms with Crippen LogP contribution in [0.15, 0.2) is 10.2 Å². The molecule has 0 aromatic heterocycles. The number of carbonyl (C=O) groups excluding carboxylic acids is 2. The van der Waals surface area contributed by atoms with E-state index in [1.54, 1.807) is 12.4 Å². The molecule has 0 rings (SSSR count). The van der Waals surface area contributed by atoms with Gasteiger partial charge in [-0.05, 0) is 25.7 Å². The van der Waals surface area contributed by atoms with Crippen molar-refractivity contribution in [2.75, 3.05) is 0 Å². The summed E-state index contributed by atoms with van der Waals surface area (Å²) in [5.41, 5.74) is 4.98. The van der Waals surface area contributed by atoms with Crippen LogP contribution < -0.4 is 10.9 Å². The summed E-state index contributed by atoms with van der Waals surface area (Å²) in [6.45, 7) is 4.11. The molecule has 0 aliphatic heterocycles. The van der Waals surface area contributed by atoms with Crippen molar-refractivity contribution in [1.82, 2.24) is 10.9 Å². The van der Waals surface area contributed by atoms with Crippen LogP contribution in [-0.4, -0.2) is 24.2 Å². The van der Waals surface area contributed by atoms with Gasteiger partial charge in [0.1, 0.15) is 0 Å². The van der Waals surface area contributed by atoms with Gasteiger partial charge in [-0.1, -0.05) is 33.1 Å². The maximum Gasteiger partial charge on any atom is 0.240 e. The summed E-state index contributed by atoms with van der Waals surface area (Å²) >= 11 is 0. The van der Waals surface area contributed by atoms with E-state index in [1.165, 1.54) is 0 Å². The minimum atomic E-state index is -0.0732. The molecule has 6 heteroatoms. The number of hydrogen-bond donors (Lipinski definition) is 2. The third-order valence-electron chi connectivity index (χ3n) is 2.70. The molecule has 0 unspecified atom stereocenters. The zero-order chi connectivity index (χ0) is 15.8. The Kier molecular flexibility index (Phi) is 13.5. The molecule has 120 valence electrons. The van der Waals surface area contributed by atoms with E-state index in [0.29, 0.717) is 12.8 Å². The first-order valence-corrected chi connectivity index (χ1v) is 7.81. The number of hydrogen-bond acceptors (Lipinski definition) is 4. The van der Waals surface area contributed by atoms with Gasteiger partial charge in [-0.25, -0.2) is 10.9 Å². The maximum atomic E-state index is 11.4. The van der Waals surface area contributed by atoms with Crippen LogP contribution in [0.3, 0.4) is 0 Å². The third kappa shape index (κ3) is 14.5. The Balaban J connectivity index is 3.46. The van der Waals surface area contributed by atoms with Crippen LogP contribution in [0.25, 0.3) is 0 Å². The van der Waals surface area contributed by atoms with Crippen molar-refractivity contribution >= 4 is 24.2 Å². The van der Waals surface area contributed by atoms with Crippen molar-refractivity contribution in [3.05, 3.63) is 0 Å². The molecule has 0 fully saturated rings. The van der Waals surface area contributed by atoms with Crippen molar-refractivity contribution in [2.45, 2.75) is 71.6 Å². The van der Waals surface area contributed by atoms with Gasteiger partial charge in [0.2, 0.25) is 11.8 Å². The average Bonchev–Trinajstić information content (AvgIpc) is 2.48. The van der Waals surface area contributed by atoms with E-state index in [-0.39, 0.29) is 11.8 Å². The summed E-state index contributed by atoms with van der Waals surface area (Å²) in [7, 11) is 0. The van der Waals surface area contributed by atoms with Crippen molar-refractivity contribution < 1.29 is 9.59 Å². The van der Waals surface area contributed by atoms with Crippen molar-refractivity contribution in [3.8, 4) is 0 Å². The smallest absolute Gasteiger partial charge is 0.240 e. The minimum absolute atomic E-state index is 0.0732. The Morgan fingerprint density at radius 3 is 1.62 bits per heavy atom. The lowest BCUT2D eigenvalue weighted by atomic mass is 10.1. The first-order chi connectivity index (χ1) is 10.2. The lowest BCUT2D eigenvalue weighted by Gasteiger charge is -2.01. The molecule has 0 aromatic carbocycles. The van der Waals surface area contributed by atoms with E-state index in [1.807, 2.05) is 0 Å². The molecule has 6 nitrogen and oxygen atoms in total. The molecule has 0 aromatic rings. The van der Waals surface area contributed by atoms with Gasteiger partial charge >= 0.3 is 0 Å². The van der Waals surface area contributed by atoms with Crippen LogP contribution >= 0.6 is 0 Å². The highest BCUT2D eigenvalue weighted by Crippen LogP contribution is 2.03. The van der Waals surface area contributed by atoms with E-state index in [9.17, 15) is 9.59 Å². The average molecular weight is 296 g/mol. The first-order valence-electron chi connectivity index (χ1n) is 7.81. The fourth-order valence-corrected chi connectivity index (χ4v) is 1.48. The number of carbonyl (C=O) groups is 2. The van der Waals surface area contributed by atoms with E-state index < -0.39 is 0 Å². The van der Waals surface area contributed by atoms with E-state index in [2.05, 4.69) is 34.9 Å². The highest BCUT2D eigenvalue weighted by molar-refractivity contribution is 5.77. The molecule has 0 atom stereocenters. The quantitative estimate of drug-likeness (QED) is 0.330. The second-order valence-electron chi connectivity index (χ2n) is 4.83. The number of hydrazone groups is 2. The predicted molar refractivity (Wildman–Crippen MR) is 86.2 cm³/mol.